The standard InChI is InChI=1S/C20H27FN4O/c21-16-4-6-18(7-5-16)25-13-9-17(24-25)8-12-23-19(26)14-20(15-22)10-2-1-3-11-20/h4-7,9,13H,1-3,8,10-12,14-15,22H2,(H,23,26). The van der Waals surface area contributed by atoms with Gasteiger partial charge in [-0.3, -0.25) is 4.79 Å². The van der Waals surface area contributed by atoms with E-state index in [0.717, 1.165) is 24.2 Å². The summed E-state index contributed by atoms with van der Waals surface area (Å²) >= 11 is 0. The van der Waals surface area contributed by atoms with E-state index < -0.39 is 0 Å². The van der Waals surface area contributed by atoms with Crippen LogP contribution in [0.1, 0.15) is 44.2 Å². The second kappa shape index (κ2) is 8.45. The number of benzene rings is 1. The van der Waals surface area contributed by atoms with E-state index in [-0.39, 0.29) is 17.1 Å². The van der Waals surface area contributed by atoms with Gasteiger partial charge >= 0.3 is 0 Å². The quantitative estimate of drug-likeness (QED) is 0.799. The molecule has 0 radical (unpaired) electrons. The molecule has 3 rings (SSSR count). The smallest absolute Gasteiger partial charge is 0.220 e. The lowest BCUT2D eigenvalue weighted by Gasteiger charge is -2.35. The van der Waals surface area contributed by atoms with Crippen LogP contribution in [0.5, 0.6) is 0 Å². The monoisotopic (exact) mass is 358 g/mol. The van der Waals surface area contributed by atoms with Crippen molar-refractivity contribution in [3.63, 3.8) is 0 Å². The zero-order valence-electron chi connectivity index (χ0n) is 15.1. The number of hydrogen-bond acceptors (Lipinski definition) is 3. The van der Waals surface area contributed by atoms with Crippen molar-refractivity contribution in [3.05, 3.63) is 48.0 Å². The molecule has 1 aliphatic carbocycles. The highest BCUT2D eigenvalue weighted by Gasteiger charge is 2.32. The van der Waals surface area contributed by atoms with Gasteiger partial charge in [-0.15, -0.1) is 0 Å². The molecular formula is C20H27FN4O. The molecule has 0 aliphatic heterocycles. The van der Waals surface area contributed by atoms with Gasteiger partial charge in [-0.25, -0.2) is 9.07 Å². The topological polar surface area (TPSA) is 72.9 Å². The summed E-state index contributed by atoms with van der Waals surface area (Å²) in [5, 5.41) is 7.48. The predicted octanol–water partition coefficient (Wildman–Crippen LogP) is 2.97. The molecule has 2 aromatic rings. The first kappa shape index (κ1) is 18.6. The molecule has 0 bridgehead atoms. The maximum atomic E-state index is 13.0. The van der Waals surface area contributed by atoms with Crippen molar-refractivity contribution in [1.29, 1.82) is 0 Å². The van der Waals surface area contributed by atoms with E-state index in [0.29, 0.717) is 25.9 Å². The first-order valence-corrected chi connectivity index (χ1v) is 9.38. The Kier molecular flexibility index (Phi) is 6.04. The van der Waals surface area contributed by atoms with Crippen molar-refractivity contribution in [1.82, 2.24) is 15.1 Å². The highest BCUT2D eigenvalue weighted by Crippen LogP contribution is 2.38. The van der Waals surface area contributed by atoms with Gasteiger partial charge in [0.2, 0.25) is 5.91 Å². The molecule has 1 aromatic heterocycles. The molecule has 1 aliphatic rings. The van der Waals surface area contributed by atoms with Crippen molar-refractivity contribution in [3.8, 4) is 5.69 Å². The van der Waals surface area contributed by atoms with Gasteiger partial charge in [0.15, 0.2) is 0 Å². The van der Waals surface area contributed by atoms with Crippen LogP contribution in [0.2, 0.25) is 0 Å². The molecule has 1 heterocycles. The second-order valence-corrected chi connectivity index (χ2v) is 7.27. The van der Waals surface area contributed by atoms with Crippen molar-refractivity contribution in [2.45, 2.75) is 44.9 Å². The van der Waals surface area contributed by atoms with Crippen LogP contribution in [0, 0.1) is 11.2 Å². The lowest BCUT2D eigenvalue weighted by Crippen LogP contribution is -2.39. The molecular weight excluding hydrogens is 331 g/mol. The molecule has 0 unspecified atom stereocenters. The van der Waals surface area contributed by atoms with Crippen molar-refractivity contribution >= 4 is 5.91 Å². The highest BCUT2D eigenvalue weighted by atomic mass is 19.1. The zero-order valence-corrected chi connectivity index (χ0v) is 15.1. The van der Waals surface area contributed by atoms with E-state index >= 15 is 0 Å². The lowest BCUT2D eigenvalue weighted by molar-refractivity contribution is -0.123. The number of nitrogens with zero attached hydrogens (tertiary/aromatic N) is 2. The predicted molar refractivity (Wildman–Crippen MR) is 99.4 cm³/mol. The van der Waals surface area contributed by atoms with Crippen molar-refractivity contribution in [2.75, 3.05) is 13.1 Å². The third-order valence-corrected chi connectivity index (χ3v) is 5.32. The Hall–Kier alpha value is -2.21. The fraction of sp³-hybridized carbons (Fsp3) is 0.500. The van der Waals surface area contributed by atoms with E-state index in [4.69, 9.17) is 5.73 Å². The minimum atomic E-state index is -0.267. The molecule has 0 atom stereocenters. The molecule has 6 heteroatoms. The highest BCUT2D eigenvalue weighted by molar-refractivity contribution is 5.76. The van der Waals surface area contributed by atoms with Crippen LogP contribution in [0.15, 0.2) is 36.5 Å². The second-order valence-electron chi connectivity index (χ2n) is 7.27. The van der Waals surface area contributed by atoms with Gasteiger partial charge in [0.25, 0.3) is 0 Å². The van der Waals surface area contributed by atoms with E-state index in [1.165, 1.54) is 31.4 Å². The van der Waals surface area contributed by atoms with Crippen LogP contribution in [-0.4, -0.2) is 28.8 Å². The lowest BCUT2D eigenvalue weighted by atomic mass is 9.71. The summed E-state index contributed by atoms with van der Waals surface area (Å²) in [7, 11) is 0. The number of nitrogens with two attached hydrogens (primary N) is 1. The third-order valence-electron chi connectivity index (χ3n) is 5.32. The fourth-order valence-electron chi connectivity index (χ4n) is 3.72. The summed E-state index contributed by atoms with van der Waals surface area (Å²) in [4.78, 5) is 12.3. The minimum Gasteiger partial charge on any atom is -0.356 e. The summed E-state index contributed by atoms with van der Waals surface area (Å²) in [6.07, 6.45) is 8.73. The Morgan fingerprint density at radius 3 is 2.62 bits per heavy atom. The first-order valence-electron chi connectivity index (χ1n) is 9.38. The summed E-state index contributed by atoms with van der Waals surface area (Å²) in [6, 6.07) is 8.11. The van der Waals surface area contributed by atoms with Gasteiger partial charge in [0.05, 0.1) is 11.4 Å². The molecule has 140 valence electrons. The molecule has 1 amide bonds. The molecule has 1 saturated carbocycles. The molecule has 0 saturated heterocycles. The fourth-order valence-corrected chi connectivity index (χ4v) is 3.72. The van der Waals surface area contributed by atoms with Gasteiger partial charge in [-0.1, -0.05) is 19.3 Å². The Bertz CT molecular complexity index is 720. The minimum absolute atomic E-state index is 0.00745. The number of hydrogen-bond donors (Lipinski definition) is 2. The summed E-state index contributed by atoms with van der Waals surface area (Å²) in [5.41, 5.74) is 7.65. The summed E-state index contributed by atoms with van der Waals surface area (Å²) in [6.45, 7) is 1.14. The third kappa shape index (κ3) is 4.69. The number of aromatic nitrogens is 2. The summed E-state index contributed by atoms with van der Waals surface area (Å²) in [5.74, 6) is -0.188. The van der Waals surface area contributed by atoms with Crippen LogP contribution in [0.3, 0.4) is 0 Å². The normalized spacial score (nSPS) is 16.4. The van der Waals surface area contributed by atoms with Crippen LogP contribution in [0.25, 0.3) is 5.69 Å². The van der Waals surface area contributed by atoms with E-state index in [1.807, 2.05) is 12.3 Å². The van der Waals surface area contributed by atoms with Gasteiger partial charge in [0.1, 0.15) is 5.82 Å². The average Bonchev–Trinajstić information content (AvgIpc) is 3.12. The van der Waals surface area contributed by atoms with Crippen LogP contribution in [0.4, 0.5) is 4.39 Å². The largest absolute Gasteiger partial charge is 0.356 e. The van der Waals surface area contributed by atoms with E-state index in [2.05, 4.69) is 10.4 Å². The van der Waals surface area contributed by atoms with Crippen LogP contribution in [-0.2, 0) is 11.2 Å². The van der Waals surface area contributed by atoms with E-state index in [1.54, 1.807) is 16.8 Å². The Balaban J connectivity index is 1.47. The number of rotatable bonds is 7. The zero-order chi connectivity index (χ0) is 18.4. The molecule has 1 aromatic carbocycles. The number of carbonyl (C=O) groups excluding carboxylic acids is 1. The Morgan fingerprint density at radius 2 is 1.92 bits per heavy atom. The maximum absolute atomic E-state index is 13.0. The number of amides is 1. The van der Waals surface area contributed by atoms with Gasteiger partial charge in [0, 0.05) is 25.6 Å². The SMILES string of the molecule is NCC1(CC(=O)NCCc2ccn(-c3ccc(F)cc3)n2)CCCCC1. The molecule has 0 spiro atoms. The molecule has 5 nitrogen and oxygen atoms in total. The number of halogens is 1. The molecule has 26 heavy (non-hydrogen) atoms. The van der Waals surface area contributed by atoms with Gasteiger partial charge in [-0.2, -0.15) is 5.10 Å². The summed E-state index contributed by atoms with van der Waals surface area (Å²) < 4.78 is 14.7. The number of nitrogens with one attached hydrogen (secondary N) is 1. The van der Waals surface area contributed by atoms with Gasteiger partial charge < -0.3 is 11.1 Å². The maximum Gasteiger partial charge on any atom is 0.220 e. The molecule has 3 N–H and O–H groups in total. The Morgan fingerprint density at radius 1 is 1.19 bits per heavy atom. The van der Waals surface area contributed by atoms with E-state index in [9.17, 15) is 9.18 Å². The van der Waals surface area contributed by atoms with Crippen LogP contribution < -0.4 is 11.1 Å². The average molecular weight is 358 g/mol. The Labute approximate surface area is 153 Å². The number of carbonyl (C=O) groups is 1. The van der Waals surface area contributed by atoms with Crippen molar-refractivity contribution < 1.29 is 9.18 Å². The molecule has 1 fully saturated rings. The van der Waals surface area contributed by atoms with Crippen LogP contribution >= 0.6 is 0 Å². The first-order chi connectivity index (χ1) is 12.6. The van der Waals surface area contributed by atoms with Crippen molar-refractivity contribution in [2.24, 2.45) is 11.1 Å². The van der Waals surface area contributed by atoms with Gasteiger partial charge in [-0.05, 0) is 55.1 Å².